The first-order chi connectivity index (χ1) is 6.56. The molecule has 2 fully saturated rings. The molecular formula is C11H22N2O. The topological polar surface area (TPSA) is 38.5 Å². The van der Waals surface area contributed by atoms with Gasteiger partial charge in [-0.2, -0.15) is 0 Å². The molecule has 1 saturated carbocycles. The van der Waals surface area contributed by atoms with Crippen molar-refractivity contribution >= 4 is 0 Å². The molecule has 0 spiro atoms. The average molecular weight is 198 g/mol. The first-order valence-electron chi connectivity index (χ1n) is 5.71. The van der Waals surface area contributed by atoms with Crippen molar-refractivity contribution in [3.63, 3.8) is 0 Å². The Labute approximate surface area is 86.6 Å². The van der Waals surface area contributed by atoms with Gasteiger partial charge in [0.15, 0.2) is 0 Å². The van der Waals surface area contributed by atoms with Crippen LogP contribution in [-0.4, -0.2) is 42.3 Å². The Hall–Kier alpha value is -0.120. The highest BCUT2D eigenvalue weighted by molar-refractivity contribution is 4.92. The fourth-order valence-electron chi connectivity index (χ4n) is 2.73. The molecule has 2 aliphatic rings. The molecule has 14 heavy (non-hydrogen) atoms. The second-order valence-corrected chi connectivity index (χ2v) is 5.37. The van der Waals surface area contributed by atoms with Gasteiger partial charge in [0.1, 0.15) is 0 Å². The maximum atomic E-state index is 6.07. The second-order valence-electron chi connectivity index (χ2n) is 5.37. The van der Waals surface area contributed by atoms with Gasteiger partial charge < -0.3 is 10.5 Å². The van der Waals surface area contributed by atoms with Crippen molar-refractivity contribution in [2.75, 3.05) is 19.7 Å². The Balaban J connectivity index is 1.97. The summed E-state index contributed by atoms with van der Waals surface area (Å²) in [6.45, 7) is 7.15. The highest BCUT2D eigenvalue weighted by Crippen LogP contribution is 2.30. The largest absolute Gasteiger partial charge is 0.375 e. The minimum atomic E-state index is -0.0789. The summed E-state index contributed by atoms with van der Waals surface area (Å²) in [4.78, 5) is 2.53. The van der Waals surface area contributed by atoms with Crippen molar-refractivity contribution in [3.8, 4) is 0 Å². The highest BCUT2D eigenvalue weighted by Gasteiger charge is 2.37. The van der Waals surface area contributed by atoms with E-state index in [2.05, 4.69) is 18.7 Å². The zero-order valence-electron chi connectivity index (χ0n) is 9.33. The summed E-state index contributed by atoms with van der Waals surface area (Å²) in [6, 6.07) is 0.645. The molecular weight excluding hydrogens is 176 g/mol. The van der Waals surface area contributed by atoms with Crippen LogP contribution in [0.5, 0.6) is 0 Å². The van der Waals surface area contributed by atoms with Gasteiger partial charge in [0.2, 0.25) is 0 Å². The van der Waals surface area contributed by atoms with E-state index in [0.717, 1.165) is 19.7 Å². The number of ether oxygens (including phenoxy) is 1. The summed E-state index contributed by atoms with van der Waals surface area (Å²) in [5.41, 5.74) is 5.99. The van der Waals surface area contributed by atoms with Crippen molar-refractivity contribution in [1.82, 2.24) is 4.90 Å². The molecule has 3 nitrogen and oxygen atoms in total. The van der Waals surface area contributed by atoms with Crippen LogP contribution in [0, 0.1) is 0 Å². The SMILES string of the molecule is CC(C)(N)CN1CCOC2CCCC21. The molecule has 1 heterocycles. The van der Waals surface area contributed by atoms with Gasteiger partial charge in [0.25, 0.3) is 0 Å². The van der Waals surface area contributed by atoms with E-state index >= 15 is 0 Å². The number of nitrogens with two attached hydrogens (primary N) is 1. The molecule has 0 aromatic heterocycles. The third kappa shape index (κ3) is 2.27. The van der Waals surface area contributed by atoms with E-state index in [-0.39, 0.29) is 5.54 Å². The van der Waals surface area contributed by atoms with Crippen molar-refractivity contribution in [1.29, 1.82) is 0 Å². The fourth-order valence-corrected chi connectivity index (χ4v) is 2.73. The zero-order chi connectivity index (χ0) is 10.2. The Kier molecular flexibility index (Phi) is 2.82. The van der Waals surface area contributed by atoms with Gasteiger partial charge in [0.05, 0.1) is 12.7 Å². The molecule has 0 aromatic carbocycles. The molecule has 2 rings (SSSR count). The Morgan fingerprint density at radius 1 is 1.43 bits per heavy atom. The number of morpholine rings is 1. The monoisotopic (exact) mass is 198 g/mol. The highest BCUT2D eigenvalue weighted by atomic mass is 16.5. The number of hydrogen-bond donors (Lipinski definition) is 1. The van der Waals surface area contributed by atoms with Crippen LogP contribution in [0.4, 0.5) is 0 Å². The van der Waals surface area contributed by atoms with Crippen molar-refractivity contribution in [2.24, 2.45) is 5.73 Å². The Morgan fingerprint density at radius 3 is 2.93 bits per heavy atom. The van der Waals surface area contributed by atoms with E-state index in [4.69, 9.17) is 10.5 Å². The molecule has 2 atom stereocenters. The third-order valence-corrected chi connectivity index (χ3v) is 3.21. The molecule has 1 aliphatic carbocycles. The van der Waals surface area contributed by atoms with Gasteiger partial charge in [-0.05, 0) is 33.1 Å². The molecule has 0 bridgehead atoms. The predicted molar refractivity (Wildman–Crippen MR) is 57.2 cm³/mol. The summed E-state index contributed by atoms with van der Waals surface area (Å²) in [6.07, 6.45) is 4.34. The van der Waals surface area contributed by atoms with Crippen LogP contribution in [0.2, 0.25) is 0 Å². The lowest BCUT2D eigenvalue weighted by Gasteiger charge is -2.40. The van der Waals surface area contributed by atoms with Crippen molar-refractivity contribution in [2.45, 2.75) is 50.8 Å². The van der Waals surface area contributed by atoms with E-state index in [1.54, 1.807) is 0 Å². The zero-order valence-corrected chi connectivity index (χ0v) is 9.33. The quantitative estimate of drug-likeness (QED) is 0.719. The molecule has 2 N–H and O–H groups in total. The lowest BCUT2D eigenvalue weighted by Crippen LogP contribution is -2.55. The van der Waals surface area contributed by atoms with Gasteiger partial charge >= 0.3 is 0 Å². The van der Waals surface area contributed by atoms with Crippen LogP contribution in [0.25, 0.3) is 0 Å². The lowest BCUT2D eigenvalue weighted by atomic mass is 10.0. The van der Waals surface area contributed by atoms with Crippen LogP contribution < -0.4 is 5.73 Å². The summed E-state index contributed by atoms with van der Waals surface area (Å²) in [5.74, 6) is 0. The molecule has 0 amide bonds. The Bertz CT molecular complexity index is 200. The lowest BCUT2D eigenvalue weighted by molar-refractivity contribution is -0.0603. The van der Waals surface area contributed by atoms with Gasteiger partial charge in [-0.1, -0.05) is 0 Å². The number of fused-ring (bicyclic) bond motifs is 1. The van der Waals surface area contributed by atoms with Crippen molar-refractivity contribution < 1.29 is 4.74 Å². The fraction of sp³-hybridized carbons (Fsp3) is 1.00. The molecule has 82 valence electrons. The van der Waals surface area contributed by atoms with Crippen molar-refractivity contribution in [3.05, 3.63) is 0 Å². The van der Waals surface area contributed by atoms with E-state index in [0.29, 0.717) is 12.1 Å². The molecule has 0 aromatic rings. The average Bonchev–Trinajstić information content (AvgIpc) is 2.49. The number of nitrogens with zero attached hydrogens (tertiary/aromatic N) is 1. The number of rotatable bonds is 2. The van der Waals surface area contributed by atoms with Crippen LogP contribution in [-0.2, 0) is 4.74 Å². The minimum absolute atomic E-state index is 0.0789. The normalized spacial score (nSPS) is 34.5. The molecule has 2 unspecified atom stereocenters. The molecule has 1 saturated heterocycles. The van der Waals surface area contributed by atoms with Crippen LogP contribution >= 0.6 is 0 Å². The smallest absolute Gasteiger partial charge is 0.0730 e. The summed E-state index contributed by atoms with van der Waals surface area (Å²) < 4.78 is 5.76. The van der Waals surface area contributed by atoms with E-state index < -0.39 is 0 Å². The third-order valence-electron chi connectivity index (χ3n) is 3.21. The van der Waals surface area contributed by atoms with Gasteiger partial charge in [-0.25, -0.2) is 0 Å². The maximum absolute atomic E-state index is 6.07. The number of hydrogen-bond acceptors (Lipinski definition) is 3. The maximum Gasteiger partial charge on any atom is 0.0730 e. The summed E-state index contributed by atoms with van der Waals surface area (Å²) >= 11 is 0. The first kappa shape index (κ1) is 10.4. The van der Waals surface area contributed by atoms with Crippen LogP contribution in [0.3, 0.4) is 0 Å². The summed E-state index contributed by atoms with van der Waals surface area (Å²) in [7, 11) is 0. The van der Waals surface area contributed by atoms with Crippen LogP contribution in [0.1, 0.15) is 33.1 Å². The standard InChI is InChI=1S/C11H22N2O/c1-11(2,12)8-13-6-7-14-10-5-3-4-9(10)13/h9-10H,3-8,12H2,1-2H3. The summed E-state index contributed by atoms with van der Waals surface area (Å²) in [5, 5.41) is 0. The van der Waals surface area contributed by atoms with E-state index in [1.165, 1.54) is 19.3 Å². The van der Waals surface area contributed by atoms with E-state index in [9.17, 15) is 0 Å². The molecule has 1 aliphatic heterocycles. The van der Waals surface area contributed by atoms with Gasteiger partial charge in [0, 0.05) is 24.7 Å². The van der Waals surface area contributed by atoms with Crippen LogP contribution in [0.15, 0.2) is 0 Å². The first-order valence-corrected chi connectivity index (χ1v) is 5.71. The minimum Gasteiger partial charge on any atom is -0.375 e. The van der Waals surface area contributed by atoms with E-state index in [1.807, 2.05) is 0 Å². The molecule has 3 heteroatoms. The Morgan fingerprint density at radius 2 is 2.21 bits per heavy atom. The molecule has 0 radical (unpaired) electrons. The predicted octanol–water partition coefficient (Wildman–Crippen LogP) is 0.977. The van der Waals surface area contributed by atoms with Gasteiger partial charge in [-0.15, -0.1) is 0 Å². The van der Waals surface area contributed by atoms with Gasteiger partial charge in [-0.3, -0.25) is 4.90 Å². The second kappa shape index (κ2) is 3.80.